The molecule has 7 heteroatoms. The van der Waals surface area contributed by atoms with Crippen molar-refractivity contribution in [3.05, 3.63) is 42.1 Å². The molecule has 24 heavy (non-hydrogen) atoms. The van der Waals surface area contributed by atoms with E-state index in [0.717, 1.165) is 38.2 Å². The van der Waals surface area contributed by atoms with E-state index < -0.39 is 0 Å². The average Bonchev–Trinajstić information content (AvgIpc) is 3.22. The van der Waals surface area contributed by atoms with Crippen LogP contribution in [-0.2, 0) is 5.41 Å². The maximum absolute atomic E-state index is 4.97. The summed E-state index contributed by atoms with van der Waals surface area (Å²) in [6, 6.07) is 6.07. The molecule has 0 aliphatic carbocycles. The van der Waals surface area contributed by atoms with E-state index in [9.17, 15) is 0 Å². The number of rotatable bonds is 2. The highest BCUT2D eigenvalue weighted by Crippen LogP contribution is 2.41. The van der Waals surface area contributed by atoms with Crippen molar-refractivity contribution in [1.82, 2.24) is 29.8 Å². The number of fused-ring (bicyclic) bond motifs is 1. The van der Waals surface area contributed by atoms with Crippen LogP contribution in [0.2, 0.25) is 0 Å². The summed E-state index contributed by atoms with van der Waals surface area (Å²) in [6.07, 6.45) is 3.56. The normalized spacial score (nSPS) is 12.2. The number of H-pyrrole nitrogens is 1. The topological polar surface area (TPSA) is 71.8 Å². The van der Waals surface area contributed by atoms with Crippen LogP contribution in [0.1, 0.15) is 32.2 Å². The molecule has 0 aromatic carbocycles. The molecule has 0 unspecified atom stereocenters. The predicted molar refractivity (Wildman–Crippen MR) is 95.1 cm³/mol. The van der Waals surface area contributed by atoms with Crippen LogP contribution >= 0.6 is 11.3 Å². The first-order valence-corrected chi connectivity index (χ1v) is 8.59. The van der Waals surface area contributed by atoms with Gasteiger partial charge in [-0.05, 0) is 19.1 Å². The minimum Gasteiger partial charge on any atom is -0.327 e. The molecule has 0 fully saturated rings. The zero-order valence-corrected chi connectivity index (χ0v) is 14.8. The van der Waals surface area contributed by atoms with Gasteiger partial charge in [-0.1, -0.05) is 26.8 Å². The lowest BCUT2D eigenvalue weighted by atomic mass is 9.91. The first-order chi connectivity index (χ1) is 11.4. The monoisotopic (exact) mass is 338 g/mol. The lowest BCUT2D eigenvalue weighted by Crippen LogP contribution is -2.13. The maximum atomic E-state index is 4.97. The Kier molecular flexibility index (Phi) is 3.28. The van der Waals surface area contributed by atoms with Crippen molar-refractivity contribution < 1.29 is 0 Å². The van der Waals surface area contributed by atoms with E-state index in [0.29, 0.717) is 0 Å². The van der Waals surface area contributed by atoms with Crippen LogP contribution in [0.5, 0.6) is 0 Å². The van der Waals surface area contributed by atoms with Gasteiger partial charge >= 0.3 is 0 Å². The Morgan fingerprint density at radius 3 is 2.75 bits per heavy atom. The lowest BCUT2D eigenvalue weighted by Gasteiger charge is -2.16. The Morgan fingerprint density at radius 1 is 1.21 bits per heavy atom. The maximum Gasteiger partial charge on any atom is 0.173 e. The van der Waals surface area contributed by atoms with Crippen LogP contribution in [0.3, 0.4) is 0 Å². The van der Waals surface area contributed by atoms with Gasteiger partial charge in [-0.15, -0.1) is 21.5 Å². The van der Waals surface area contributed by atoms with Crippen molar-refractivity contribution >= 4 is 16.9 Å². The Morgan fingerprint density at radius 2 is 2.04 bits per heavy atom. The summed E-state index contributed by atoms with van der Waals surface area (Å²) in [6.45, 7) is 8.51. The molecule has 0 saturated heterocycles. The summed E-state index contributed by atoms with van der Waals surface area (Å²) in [7, 11) is 0. The fourth-order valence-electron chi connectivity index (χ4n) is 2.79. The number of aryl methyl sites for hydroxylation is 1. The van der Waals surface area contributed by atoms with E-state index in [1.54, 1.807) is 17.7 Å². The molecule has 0 saturated carbocycles. The first kappa shape index (κ1) is 15.0. The number of nitrogens with zero attached hydrogens (tertiary/aromatic N) is 5. The van der Waals surface area contributed by atoms with Crippen molar-refractivity contribution in [2.75, 3.05) is 0 Å². The molecule has 4 rings (SSSR count). The quantitative estimate of drug-likeness (QED) is 0.602. The van der Waals surface area contributed by atoms with Crippen molar-refractivity contribution in [3.8, 4) is 21.3 Å². The van der Waals surface area contributed by atoms with Crippen LogP contribution in [0, 0.1) is 6.92 Å². The number of pyridine rings is 1. The molecule has 0 radical (unpaired) electrons. The fourth-order valence-corrected chi connectivity index (χ4v) is 4.12. The summed E-state index contributed by atoms with van der Waals surface area (Å²) in [4.78, 5) is 9.10. The van der Waals surface area contributed by atoms with Crippen LogP contribution in [-0.4, -0.2) is 29.8 Å². The fraction of sp³-hybridized carbons (Fsp3) is 0.294. The predicted octanol–water partition coefficient (Wildman–Crippen LogP) is 3.85. The van der Waals surface area contributed by atoms with Gasteiger partial charge in [0.05, 0.1) is 27.3 Å². The number of nitrogens with one attached hydrogen (secondary N) is 1. The van der Waals surface area contributed by atoms with Crippen molar-refractivity contribution in [2.24, 2.45) is 0 Å². The number of hydrogen-bond acceptors (Lipinski definition) is 5. The van der Waals surface area contributed by atoms with Crippen LogP contribution < -0.4 is 0 Å². The summed E-state index contributed by atoms with van der Waals surface area (Å²) >= 11 is 1.63. The molecule has 0 atom stereocenters. The van der Waals surface area contributed by atoms with Crippen molar-refractivity contribution in [2.45, 2.75) is 33.1 Å². The Hall–Kier alpha value is -2.54. The Bertz CT molecular complexity index is 1000. The summed E-state index contributed by atoms with van der Waals surface area (Å²) in [5, 5.41) is 13.7. The van der Waals surface area contributed by atoms with Gasteiger partial charge in [0, 0.05) is 11.6 Å². The standard InChI is InChI=1S/C17H18N6S/c1-10-12(11-7-5-6-8-23(11)22-10)16-20-14(17(2,3)4)13(24-16)15-18-9-19-21-15/h5-9H,1-4H3,(H,18,19,21). The van der Waals surface area contributed by atoms with Gasteiger partial charge < -0.3 is 4.98 Å². The van der Waals surface area contributed by atoms with E-state index in [2.05, 4.69) is 47.1 Å². The number of thiazole rings is 1. The molecule has 4 heterocycles. The Labute approximate surface area is 143 Å². The molecule has 0 spiro atoms. The van der Waals surface area contributed by atoms with Crippen molar-refractivity contribution in [1.29, 1.82) is 0 Å². The van der Waals surface area contributed by atoms with E-state index in [1.807, 2.05) is 29.8 Å². The SMILES string of the molecule is Cc1nn2ccccc2c1-c1nc(C(C)(C)C)c(-c2nnc[nH]2)s1. The smallest absolute Gasteiger partial charge is 0.173 e. The van der Waals surface area contributed by atoms with E-state index >= 15 is 0 Å². The molecule has 4 aromatic rings. The molecule has 0 aliphatic heterocycles. The molecule has 0 amide bonds. The summed E-state index contributed by atoms with van der Waals surface area (Å²) in [5.41, 5.74) is 4.05. The van der Waals surface area contributed by atoms with E-state index in [4.69, 9.17) is 4.98 Å². The third-order valence-corrected chi connectivity index (χ3v) is 4.98. The second kappa shape index (κ2) is 5.24. The van der Waals surface area contributed by atoms with E-state index in [-0.39, 0.29) is 5.41 Å². The second-order valence-electron chi connectivity index (χ2n) is 6.78. The van der Waals surface area contributed by atoms with Gasteiger partial charge in [-0.3, -0.25) is 0 Å². The van der Waals surface area contributed by atoms with Crippen LogP contribution in [0.25, 0.3) is 26.8 Å². The van der Waals surface area contributed by atoms with Crippen LogP contribution in [0.15, 0.2) is 30.7 Å². The first-order valence-electron chi connectivity index (χ1n) is 7.77. The molecule has 1 N–H and O–H groups in total. The highest BCUT2D eigenvalue weighted by atomic mass is 32.1. The van der Waals surface area contributed by atoms with Gasteiger partial charge in [-0.25, -0.2) is 9.50 Å². The molecular formula is C17H18N6S. The third-order valence-electron chi connectivity index (χ3n) is 3.90. The van der Waals surface area contributed by atoms with Gasteiger partial charge in [0.25, 0.3) is 0 Å². The lowest BCUT2D eigenvalue weighted by molar-refractivity contribution is 0.574. The largest absolute Gasteiger partial charge is 0.327 e. The highest BCUT2D eigenvalue weighted by molar-refractivity contribution is 7.18. The minimum atomic E-state index is -0.0895. The van der Waals surface area contributed by atoms with Gasteiger partial charge in [0.15, 0.2) is 5.82 Å². The van der Waals surface area contributed by atoms with E-state index in [1.165, 1.54) is 0 Å². The summed E-state index contributed by atoms with van der Waals surface area (Å²) in [5.74, 6) is 0.762. The molecule has 0 bridgehead atoms. The highest BCUT2D eigenvalue weighted by Gasteiger charge is 2.27. The van der Waals surface area contributed by atoms with Crippen molar-refractivity contribution in [3.63, 3.8) is 0 Å². The van der Waals surface area contributed by atoms with Gasteiger partial charge in [0.2, 0.25) is 0 Å². The average molecular weight is 338 g/mol. The zero-order valence-electron chi connectivity index (χ0n) is 14.0. The molecule has 6 nitrogen and oxygen atoms in total. The van der Waals surface area contributed by atoms with Crippen LogP contribution in [0.4, 0.5) is 0 Å². The minimum absolute atomic E-state index is 0.0895. The second-order valence-corrected chi connectivity index (χ2v) is 7.77. The third kappa shape index (κ3) is 2.32. The number of aromatic amines is 1. The number of aromatic nitrogens is 6. The summed E-state index contributed by atoms with van der Waals surface area (Å²) < 4.78 is 1.90. The molecule has 122 valence electrons. The molecular weight excluding hydrogens is 320 g/mol. The van der Waals surface area contributed by atoms with Gasteiger partial charge in [0.1, 0.15) is 11.3 Å². The zero-order chi connectivity index (χ0) is 16.9. The molecule has 0 aliphatic rings. The van der Waals surface area contributed by atoms with Gasteiger partial charge in [-0.2, -0.15) is 5.10 Å². The molecule has 4 aromatic heterocycles. The number of hydrogen-bond donors (Lipinski definition) is 1. The Balaban J connectivity index is 1.98.